The van der Waals surface area contributed by atoms with E-state index in [0.717, 1.165) is 37.6 Å². The fourth-order valence-corrected chi connectivity index (χ4v) is 7.86. The molecule has 0 aliphatic carbocycles. The predicted octanol–water partition coefficient (Wildman–Crippen LogP) is -1.45. The molecule has 0 aromatic carbocycles. The molecule has 25 heteroatoms. The molecule has 0 bridgehead atoms. The first-order chi connectivity index (χ1) is 22.0. The van der Waals surface area contributed by atoms with Crippen LogP contribution in [0.25, 0.3) is 0 Å². The molecule has 272 valence electrons. The summed E-state index contributed by atoms with van der Waals surface area (Å²) in [6.45, 7) is -2.89. The summed E-state index contributed by atoms with van der Waals surface area (Å²) in [7, 11) is -5.71. The highest BCUT2D eigenvalue weighted by molar-refractivity contribution is 8.45. The van der Waals surface area contributed by atoms with Gasteiger partial charge in [-0.3, -0.25) is 37.8 Å². The molecule has 1 aromatic heterocycles. The molecule has 3 rings (SSSR count). The average Bonchev–Trinajstić information content (AvgIpc) is 3.16. The van der Waals surface area contributed by atoms with Crippen LogP contribution in [0.15, 0.2) is 21.9 Å². The Morgan fingerprint density at radius 3 is 2.29 bits per heavy atom. The maximum Gasteiger partial charge on any atom is 0.482 e. The van der Waals surface area contributed by atoms with Gasteiger partial charge < -0.3 is 44.5 Å². The number of halogens is 1. The number of carbonyl (C=O) groups excluding carboxylic acids is 3. The van der Waals surface area contributed by atoms with E-state index in [-0.39, 0.29) is 0 Å². The van der Waals surface area contributed by atoms with Crippen molar-refractivity contribution in [3.05, 3.63) is 33.1 Å². The van der Waals surface area contributed by atoms with Gasteiger partial charge in [0.05, 0.1) is 12.1 Å². The van der Waals surface area contributed by atoms with Gasteiger partial charge >= 0.3 is 38.2 Å². The minimum atomic E-state index is -5.71. The lowest BCUT2D eigenvalue weighted by atomic mass is 9.93. The molecule has 2 aliphatic rings. The van der Waals surface area contributed by atoms with Gasteiger partial charge in [-0.2, -0.15) is 4.31 Å². The average molecular weight is 754 g/mol. The van der Waals surface area contributed by atoms with Crippen molar-refractivity contribution >= 4 is 44.8 Å². The Bertz CT molecular complexity index is 1570. The lowest BCUT2D eigenvalue weighted by Gasteiger charge is -2.43. The van der Waals surface area contributed by atoms with Gasteiger partial charge in [0.1, 0.15) is 31.0 Å². The van der Waals surface area contributed by atoms with Crippen LogP contribution < -0.4 is 17.0 Å². The van der Waals surface area contributed by atoms with Crippen molar-refractivity contribution in [3.8, 4) is 0 Å². The van der Waals surface area contributed by atoms with E-state index in [4.69, 9.17) is 33.7 Å². The molecule has 2 aliphatic heterocycles. The van der Waals surface area contributed by atoms with Gasteiger partial charge in [-0.1, -0.05) is 12.2 Å². The van der Waals surface area contributed by atoms with Gasteiger partial charge in [-0.05, 0) is 6.92 Å². The third-order valence-corrected chi connectivity index (χ3v) is 10.3. The van der Waals surface area contributed by atoms with E-state index < -0.39 is 118 Å². The van der Waals surface area contributed by atoms with E-state index in [0.29, 0.717) is 0 Å². The highest BCUT2D eigenvalue weighted by Crippen LogP contribution is 2.66. The van der Waals surface area contributed by atoms with Crippen LogP contribution in [-0.2, 0) is 60.6 Å². The van der Waals surface area contributed by atoms with Gasteiger partial charge in [0.25, 0.3) is 5.56 Å². The number of esters is 3. The summed E-state index contributed by atoms with van der Waals surface area (Å²) >= 11 is 3.60. The van der Waals surface area contributed by atoms with Gasteiger partial charge in [0, 0.05) is 33.0 Å². The number of aliphatic hydroxyl groups excluding tert-OH is 2. The Balaban J connectivity index is 1.77. The Morgan fingerprint density at radius 2 is 1.73 bits per heavy atom. The number of nitrogens with one attached hydrogen (secondary N) is 1. The minimum absolute atomic E-state index is 0.726. The smallest absolute Gasteiger partial charge is 0.463 e. The molecule has 1 aromatic rings. The van der Waals surface area contributed by atoms with E-state index in [1.165, 1.54) is 6.92 Å². The molecule has 2 fully saturated rings. The second-order valence-corrected chi connectivity index (χ2v) is 15.2. The van der Waals surface area contributed by atoms with Crippen molar-refractivity contribution in [2.75, 3.05) is 13.2 Å². The quantitative estimate of drug-likeness (QED) is 0.0581. The highest BCUT2D eigenvalue weighted by Gasteiger charge is 2.56. The second kappa shape index (κ2) is 15.6. The lowest BCUT2D eigenvalue weighted by molar-refractivity contribution is -0.293. The third-order valence-electron chi connectivity index (χ3n) is 6.74. The van der Waals surface area contributed by atoms with E-state index in [1.54, 1.807) is 0 Å². The molecule has 6 N–H and O–H groups in total. The summed E-state index contributed by atoms with van der Waals surface area (Å²) in [5.74, 6) is -3.09. The Labute approximate surface area is 275 Å². The van der Waals surface area contributed by atoms with Crippen LogP contribution in [0.5, 0.6) is 0 Å². The fourth-order valence-electron chi connectivity index (χ4n) is 4.68. The normalized spacial score (nSPS) is 33.5. The number of nitrogens with zero attached hydrogens (tertiary/aromatic N) is 1. The third kappa shape index (κ3) is 10.0. The number of H-pyrrole nitrogens is 1. The standard InChI is InChI=1S/C23H34FN3O18P2S/c1-9(28)38-7-12(24)16-17(40-10(2)29)15(32)18(41-11(3)30)20(43-16)44-46(35,36)45-47(37,48)39-8-13-19(33)23(4,25)21(42-13)27-6-5-14(31)26-22(27)34/h5-6,12-13,15-21,32-33H,7-8,25H2,1-4H3,(H,35,36)(H,37,48)(H,26,31,34)/t12-,13+,15?,16?,17?,18?,19+,20?,21+,23+,47?/m0/s1. The van der Waals surface area contributed by atoms with Crippen molar-refractivity contribution in [2.24, 2.45) is 5.73 Å². The number of carbonyl (C=O) groups is 3. The SMILES string of the molecule is CC(=O)OC[C@H](F)C1OC(OP(=O)(O)OP(=O)(S)OC[C@H]2O[C@@H](n3ccc(=O)[nH]c3=O)[C@](C)(N)[C@@H]2O)C(OC(C)=O)C(O)C1OC(C)=O. The summed E-state index contributed by atoms with van der Waals surface area (Å²) in [6, 6.07) is 0.985. The van der Waals surface area contributed by atoms with E-state index in [9.17, 15) is 48.2 Å². The Hall–Kier alpha value is -2.53. The summed E-state index contributed by atoms with van der Waals surface area (Å²) < 4.78 is 81.5. The summed E-state index contributed by atoms with van der Waals surface area (Å²) in [5.41, 5.74) is 2.78. The zero-order valence-electron chi connectivity index (χ0n) is 25.5. The molecule has 0 saturated carbocycles. The molecule has 7 unspecified atom stereocenters. The Kier molecular flexibility index (Phi) is 12.9. The number of thiol groups is 1. The number of aliphatic hydroxyl groups is 2. The number of aromatic nitrogens is 2. The van der Waals surface area contributed by atoms with Crippen LogP contribution in [-0.4, -0.2) is 110 Å². The zero-order valence-corrected chi connectivity index (χ0v) is 28.2. The summed E-state index contributed by atoms with van der Waals surface area (Å²) in [5, 5.41) is 21.6. The fraction of sp³-hybridized carbons (Fsp3) is 0.696. The lowest BCUT2D eigenvalue weighted by Crippen LogP contribution is -2.63. The number of nitrogens with two attached hydrogens (primary N) is 1. The van der Waals surface area contributed by atoms with Crippen LogP contribution >= 0.6 is 26.9 Å². The number of aromatic amines is 1. The molecule has 12 atom stereocenters. The van der Waals surface area contributed by atoms with Gasteiger partial charge in [0.15, 0.2) is 24.6 Å². The first-order valence-electron chi connectivity index (χ1n) is 13.6. The molecule has 3 heterocycles. The van der Waals surface area contributed by atoms with Gasteiger partial charge in [0.2, 0.25) is 6.29 Å². The van der Waals surface area contributed by atoms with Crippen LogP contribution in [0.3, 0.4) is 0 Å². The van der Waals surface area contributed by atoms with E-state index in [2.05, 4.69) is 21.3 Å². The molecule has 2 saturated heterocycles. The van der Waals surface area contributed by atoms with Crippen molar-refractivity contribution in [3.63, 3.8) is 0 Å². The topological polar surface area (TPSA) is 301 Å². The predicted molar refractivity (Wildman–Crippen MR) is 156 cm³/mol. The Morgan fingerprint density at radius 1 is 1.12 bits per heavy atom. The minimum Gasteiger partial charge on any atom is -0.463 e. The van der Waals surface area contributed by atoms with Crippen LogP contribution in [0.4, 0.5) is 4.39 Å². The summed E-state index contributed by atoms with van der Waals surface area (Å²) in [6.07, 6.45) is -16.4. The van der Waals surface area contributed by atoms with Gasteiger partial charge in [-0.15, -0.1) is 0 Å². The highest BCUT2D eigenvalue weighted by atomic mass is 32.7. The number of phosphoric acid groups is 1. The molecule has 48 heavy (non-hydrogen) atoms. The van der Waals surface area contributed by atoms with Crippen LogP contribution in [0.1, 0.15) is 33.9 Å². The number of hydrogen-bond acceptors (Lipinski definition) is 18. The number of alkyl halides is 1. The first-order valence-corrected chi connectivity index (χ1v) is 17.8. The molecule has 21 nitrogen and oxygen atoms in total. The van der Waals surface area contributed by atoms with E-state index >= 15 is 4.39 Å². The first kappa shape index (κ1) is 39.9. The molecular weight excluding hydrogens is 719 g/mol. The summed E-state index contributed by atoms with van der Waals surface area (Å²) in [4.78, 5) is 70.6. The second-order valence-electron chi connectivity index (χ2n) is 10.7. The van der Waals surface area contributed by atoms with E-state index in [1.807, 2.05) is 4.98 Å². The largest absolute Gasteiger partial charge is 0.482 e. The number of rotatable bonds is 13. The van der Waals surface area contributed by atoms with Crippen molar-refractivity contribution in [2.45, 2.75) is 88.5 Å². The molecule has 0 amide bonds. The maximum absolute atomic E-state index is 15.1. The van der Waals surface area contributed by atoms with Crippen LogP contribution in [0.2, 0.25) is 0 Å². The van der Waals surface area contributed by atoms with Crippen molar-refractivity contribution < 1.29 is 80.1 Å². The molecule has 0 radical (unpaired) electrons. The van der Waals surface area contributed by atoms with Crippen molar-refractivity contribution in [1.29, 1.82) is 0 Å². The number of hydrogen-bond donors (Lipinski definition) is 6. The van der Waals surface area contributed by atoms with Crippen molar-refractivity contribution in [1.82, 2.24) is 9.55 Å². The zero-order chi connectivity index (χ0) is 36.4. The molecule has 0 spiro atoms. The van der Waals surface area contributed by atoms with Gasteiger partial charge in [-0.25, -0.2) is 18.3 Å². The van der Waals surface area contributed by atoms with Crippen LogP contribution in [0, 0.1) is 0 Å². The number of phosphoric ester groups is 1. The maximum atomic E-state index is 15.1. The molecular formula is C23H34FN3O18P2S. The monoisotopic (exact) mass is 753 g/mol. The number of ether oxygens (including phenoxy) is 5.